The van der Waals surface area contributed by atoms with Gasteiger partial charge in [-0.1, -0.05) is 42.5 Å². The summed E-state index contributed by atoms with van der Waals surface area (Å²) in [5, 5.41) is 22.9. The van der Waals surface area contributed by atoms with E-state index in [9.17, 15) is 24.8 Å². The first kappa shape index (κ1) is 24.2. The van der Waals surface area contributed by atoms with Crippen molar-refractivity contribution in [3.8, 4) is 10.6 Å². The Morgan fingerprint density at radius 3 is 2.57 bits per heavy atom. The van der Waals surface area contributed by atoms with Crippen LogP contribution in [-0.4, -0.2) is 63.7 Å². The van der Waals surface area contributed by atoms with Crippen LogP contribution in [0.1, 0.15) is 27.0 Å². The normalized spacial score (nSPS) is 15.8. The molecule has 2 aromatic carbocycles. The van der Waals surface area contributed by atoms with Crippen LogP contribution < -0.4 is 0 Å². The van der Waals surface area contributed by atoms with E-state index in [1.54, 1.807) is 13.0 Å². The summed E-state index contributed by atoms with van der Waals surface area (Å²) in [6.07, 6.45) is 0. The van der Waals surface area contributed by atoms with Gasteiger partial charge in [-0.3, -0.25) is 19.7 Å². The zero-order valence-corrected chi connectivity index (χ0v) is 20.3. The number of likely N-dealkylation sites (N-methyl/N-ethyl adjacent to an activating group) is 1. The molecule has 0 spiro atoms. The van der Waals surface area contributed by atoms with Crippen molar-refractivity contribution in [3.05, 3.63) is 92.2 Å². The van der Waals surface area contributed by atoms with E-state index < -0.39 is 28.4 Å². The van der Waals surface area contributed by atoms with E-state index >= 15 is 0 Å². The monoisotopic (exact) mass is 492 g/mol. The highest BCUT2D eigenvalue weighted by atomic mass is 32.1. The summed E-state index contributed by atoms with van der Waals surface area (Å²) in [5.41, 5.74) is 1.45. The molecule has 10 heteroatoms. The van der Waals surface area contributed by atoms with Gasteiger partial charge in [0.05, 0.1) is 27.1 Å². The van der Waals surface area contributed by atoms with Crippen molar-refractivity contribution in [1.29, 1.82) is 0 Å². The van der Waals surface area contributed by atoms with E-state index in [2.05, 4.69) is 4.98 Å². The van der Waals surface area contributed by atoms with Gasteiger partial charge in [0.25, 0.3) is 11.6 Å². The number of nitrogens with zero attached hydrogens (tertiary/aromatic N) is 4. The Labute approximate surface area is 206 Å². The van der Waals surface area contributed by atoms with Gasteiger partial charge in [-0.25, -0.2) is 4.98 Å². The van der Waals surface area contributed by atoms with Gasteiger partial charge in [0, 0.05) is 30.8 Å². The molecule has 1 atom stereocenters. The highest BCUT2D eigenvalue weighted by molar-refractivity contribution is 7.17. The third-order valence-corrected chi connectivity index (χ3v) is 6.96. The molecule has 9 nitrogen and oxygen atoms in total. The van der Waals surface area contributed by atoms with Crippen molar-refractivity contribution in [3.63, 3.8) is 0 Å². The minimum Gasteiger partial charge on any atom is -0.503 e. The van der Waals surface area contributed by atoms with Crippen LogP contribution in [0, 0.1) is 17.0 Å². The second-order valence-corrected chi connectivity index (χ2v) is 9.45. The molecule has 0 aliphatic carbocycles. The highest BCUT2D eigenvalue weighted by Crippen LogP contribution is 2.41. The van der Waals surface area contributed by atoms with E-state index in [0.717, 1.165) is 5.56 Å². The number of hydrogen-bond acceptors (Lipinski definition) is 8. The molecule has 0 fully saturated rings. The number of nitro groups is 1. The number of thiazole rings is 1. The van der Waals surface area contributed by atoms with Crippen LogP contribution in [0.2, 0.25) is 0 Å². The van der Waals surface area contributed by atoms with E-state index in [1.807, 2.05) is 49.3 Å². The minimum atomic E-state index is -0.962. The van der Waals surface area contributed by atoms with Gasteiger partial charge < -0.3 is 14.9 Å². The zero-order valence-electron chi connectivity index (χ0n) is 19.5. The van der Waals surface area contributed by atoms with Crippen molar-refractivity contribution in [2.75, 3.05) is 27.2 Å². The summed E-state index contributed by atoms with van der Waals surface area (Å²) in [5.74, 6) is -1.84. The first-order valence-electron chi connectivity index (χ1n) is 10.9. The Bertz CT molecular complexity index is 1330. The average molecular weight is 493 g/mol. The second kappa shape index (κ2) is 9.77. The van der Waals surface area contributed by atoms with Crippen molar-refractivity contribution < 1.29 is 19.6 Å². The first-order valence-corrected chi connectivity index (χ1v) is 11.7. The molecular weight excluding hydrogens is 468 g/mol. The maximum atomic E-state index is 13.8. The first-order chi connectivity index (χ1) is 16.7. The number of hydrogen-bond donors (Lipinski definition) is 1. The Hall–Kier alpha value is -3.89. The lowest BCUT2D eigenvalue weighted by Crippen LogP contribution is -2.36. The van der Waals surface area contributed by atoms with Gasteiger partial charge in [0.15, 0.2) is 5.76 Å². The van der Waals surface area contributed by atoms with E-state index in [1.165, 1.54) is 34.4 Å². The Kier molecular flexibility index (Phi) is 6.77. The maximum Gasteiger partial charge on any atom is 0.290 e. The fraction of sp³-hybridized carbons (Fsp3) is 0.240. The molecule has 1 amide bonds. The molecule has 35 heavy (non-hydrogen) atoms. The molecule has 1 aromatic heterocycles. The SMILES string of the molecule is Cc1nc(-c2ccccc2)sc1C(=O)C1=C(O)C(=O)N(CCN(C)C)[C@@H]1c1cccc([N+](=O)[O-])c1. The van der Waals surface area contributed by atoms with Crippen LogP contribution in [0.5, 0.6) is 0 Å². The third-order valence-electron chi connectivity index (χ3n) is 5.76. The van der Waals surface area contributed by atoms with Gasteiger partial charge in [0.1, 0.15) is 5.01 Å². The molecule has 0 bridgehead atoms. The van der Waals surface area contributed by atoms with Crippen LogP contribution >= 0.6 is 11.3 Å². The number of amides is 1. The van der Waals surface area contributed by atoms with Gasteiger partial charge in [-0.15, -0.1) is 11.3 Å². The summed E-state index contributed by atoms with van der Waals surface area (Å²) in [7, 11) is 3.68. The fourth-order valence-electron chi connectivity index (χ4n) is 4.01. The number of carbonyl (C=O) groups excluding carboxylic acids is 2. The molecule has 1 aliphatic rings. The Morgan fingerprint density at radius 2 is 1.91 bits per heavy atom. The lowest BCUT2D eigenvalue weighted by atomic mass is 9.94. The molecule has 180 valence electrons. The predicted octanol–water partition coefficient (Wildman–Crippen LogP) is 4.17. The highest BCUT2D eigenvalue weighted by Gasteiger charge is 2.44. The molecule has 1 aliphatic heterocycles. The van der Waals surface area contributed by atoms with Crippen LogP contribution in [0.3, 0.4) is 0 Å². The largest absolute Gasteiger partial charge is 0.503 e. The van der Waals surface area contributed by atoms with Crippen molar-refractivity contribution >= 4 is 28.7 Å². The van der Waals surface area contributed by atoms with Crippen molar-refractivity contribution in [2.45, 2.75) is 13.0 Å². The topological polar surface area (TPSA) is 117 Å². The van der Waals surface area contributed by atoms with Crippen molar-refractivity contribution in [2.24, 2.45) is 0 Å². The number of aromatic nitrogens is 1. The molecular formula is C25H24N4O5S. The van der Waals surface area contributed by atoms with E-state index in [4.69, 9.17) is 0 Å². The van der Waals surface area contributed by atoms with Crippen molar-refractivity contribution in [1.82, 2.24) is 14.8 Å². The van der Waals surface area contributed by atoms with Crippen LogP contribution in [0.15, 0.2) is 65.9 Å². The summed E-state index contributed by atoms with van der Waals surface area (Å²) in [6.45, 7) is 2.40. The van der Waals surface area contributed by atoms with Gasteiger partial charge >= 0.3 is 0 Å². The Balaban J connectivity index is 1.80. The van der Waals surface area contributed by atoms with Gasteiger partial charge in [0.2, 0.25) is 5.78 Å². The lowest BCUT2D eigenvalue weighted by Gasteiger charge is -2.27. The summed E-state index contributed by atoms with van der Waals surface area (Å²) >= 11 is 1.18. The molecule has 1 N–H and O–H groups in total. The number of Topliss-reactive ketones (excluding diaryl/α,β-unsaturated/α-hetero) is 1. The summed E-state index contributed by atoms with van der Waals surface area (Å²) in [4.78, 5) is 45.8. The number of rotatable bonds is 8. The number of non-ortho nitro benzene ring substituents is 1. The summed E-state index contributed by atoms with van der Waals surface area (Å²) < 4.78 is 0. The van der Waals surface area contributed by atoms with Gasteiger partial charge in [-0.2, -0.15) is 0 Å². The molecule has 0 saturated carbocycles. The standard InChI is InChI=1S/C25H24N4O5S/c1-15-23(35-24(26-15)16-8-5-4-6-9-16)21(30)19-20(17-10-7-11-18(14-17)29(33)34)28(13-12-27(2)3)25(32)22(19)31/h4-11,14,20,31H,12-13H2,1-3H3/t20-/m1/s1. The number of benzene rings is 2. The molecule has 3 aromatic rings. The molecule has 4 rings (SSSR count). The summed E-state index contributed by atoms with van der Waals surface area (Å²) in [6, 6.07) is 14.2. The molecule has 0 saturated heterocycles. The van der Waals surface area contributed by atoms with E-state index in [0.29, 0.717) is 27.7 Å². The van der Waals surface area contributed by atoms with E-state index in [-0.39, 0.29) is 17.8 Å². The average Bonchev–Trinajstić information content (AvgIpc) is 3.35. The van der Waals surface area contributed by atoms with Crippen LogP contribution in [0.25, 0.3) is 10.6 Å². The predicted molar refractivity (Wildman–Crippen MR) is 132 cm³/mol. The number of carbonyl (C=O) groups is 2. The lowest BCUT2D eigenvalue weighted by molar-refractivity contribution is -0.384. The van der Waals surface area contributed by atoms with Crippen LogP contribution in [0.4, 0.5) is 5.69 Å². The zero-order chi connectivity index (χ0) is 25.3. The van der Waals surface area contributed by atoms with Gasteiger partial charge in [-0.05, 0) is 26.6 Å². The molecule has 0 unspecified atom stereocenters. The number of ketones is 1. The number of aliphatic hydroxyl groups excluding tert-OH is 1. The second-order valence-electron chi connectivity index (χ2n) is 8.45. The molecule has 2 heterocycles. The minimum absolute atomic E-state index is 0.0967. The van der Waals surface area contributed by atoms with Crippen LogP contribution in [-0.2, 0) is 4.79 Å². The number of aryl methyl sites for hydroxylation is 1. The maximum absolute atomic E-state index is 13.8. The number of aliphatic hydroxyl groups is 1. The quantitative estimate of drug-likeness (QED) is 0.285. The third kappa shape index (κ3) is 4.71. The fourth-order valence-corrected chi connectivity index (χ4v) is 5.04. The molecule has 0 radical (unpaired) electrons. The number of nitro benzene ring substituents is 1. The Morgan fingerprint density at radius 1 is 1.20 bits per heavy atom. The smallest absolute Gasteiger partial charge is 0.290 e.